The van der Waals surface area contributed by atoms with Gasteiger partial charge in [-0.3, -0.25) is 0 Å². The quantitative estimate of drug-likeness (QED) is 0.257. The second kappa shape index (κ2) is 14.8. The van der Waals surface area contributed by atoms with Crippen LogP contribution in [-0.2, 0) is 0 Å². The Labute approximate surface area is 217 Å². The predicted octanol–water partition coefficient (Wildman–Crippen LogP) is 8.64. The van der Waals surface area contributed by atoms with E-state index in [0.29, 0.717) is 41.4 Å². The van der Waals surface area contributed by atoms with E-state index in [1.165, 1.54) is 70.6 Å². The summed E-state index contributed by atoms with van der Waals surface area (Å²) < 4.78 is 0. The van der Waals surface area contributed by atoms with Gasteiger partial charge in [-0.2, -0.15) is 0 Å². The first-order valence-corrected chi connectivity index (χ1v) is 15.2. The molecule has 200 valence electrons. The van der Waals surface area contributed by atoms with Crippen molar-refractivity contribution < 1.29 is 10.2 Å². The van der Waals surface area contributed by atoms with Crippen molar-refractivity contribution in [2.24, 2.45) is 41.4 Å². The molecule has 0 aliphatic heterocycles. The van der Waals surface area contributed by atoms with Crippen molar-refractivity contribution in [3.8, 4) is 0 Å². The molecule has 0 spiro atoms. The summed E-state index contributed by atoms with van der Waals surface area (Å²) in [6.07, 6.45) is 27.2. The summed E-state index contributed by atoms with van der Waals surface area (Å²) in [6, 6.07) is 0. The minimum Gasteiger partial charge on any atom is -0.393 e. The van der Waals surface area contributed by atoms with Crippen molar-refractivity contribution in [2.45, 2.75) is 129 Å². The minimum atomic E-state index is -0.219. The molecular weight excluding hydrogens is 428 g/mol. The van der Waals surface area contributed by atoms with Crippen LogP contribution < -0.4 is 0 Å². The number of allylic oxidation sites excluding steroid dienone is 4. The number of hydrogen-bond donors (Lipinski definition) is 2. The Morgan fingerprint density at radius 1 is 0.971 bits per heavy atom. The van der Waals surface area contributed by atoms with E-state index in [1.54, 1.807) is 5.57 Å². The topological polar surface area (TPSA) is 40.5 Å². The molecule has 7 unspecified atom stereocenters. The van der Waals surface area contributed by atoms with E-state index in [-0.39, 0.29) is 12.2 Å². The van der Waals surface area contributed by atoms with E-state index in [4.69, 9.17) is 0 Å². The fourth-order valence-electron chi connectivity index (χ4n) is 7.36. The average Bonchev–Trinajstić information content (AvgIpc) is 2.87. The molecule has 3 aliphatic rings. The molecule has 2 N–H and O–H groups in total. The van der Waals surface area contributed by atoms with E-state index < -0.39 is 0 Å². The monoisotopic (exact) mass is 484 g/mol. The molecule has 3 rings (SSSR count). The second-order valence-corrected chi connectivity index (χ2v) is 12.7. The van der Waals surface area contributed by atoms with Gasteiger partial charge in [0.05, 0.1) is 12.2 Å². The van der Waals surface area contributed by atoms with Crippen LogP contribution in [0.25, 0.3) is 0 Å². The largest absolute Gasteiger partial charge is 0.393 e. The van der Waals surface area contributed by atoms with Crippen molar-refractivity contribution in [3.63, 3.8) is 0 Å². The van der Waals surface area contributed by atoms with Crippen LogP contribution in [0, 0.1) is 41.4 Å². The Balaban J connectivity index is 1.51. The lowest BCUT2D eigenvalue weighted by Crippen LogP contribution is -2.33. The van der Waals surface area contributed by atoms with Gasteiger partial charge in [-0.25, -0.2) is 0 Å². The first-order chi connectivity index (χ1) is 16.9. The summed E-state index contributed by atoms with van der Waals surface area (Å²) >= 11 is 0. The van der Waals surface area contributed by atoms with Gasteiger partial charge in [0.15, 0.2) is 0 Å². The molecule has 2 heteroatoms. The average molecular weight is 485 g/mol. The van der Waals surface area contributed by atoms with Gasteiger partial charge in [0, 0.05) is 5.92 Å². The highest BCUT2D eigenvalue weighted by molar-refractivity contribution is 5.13. The highest BCUT2D eigenvalue weighted by Crippen LogP contribution is 2.41. The van der Waals surface area contributed by atoms with Crippen LogP contribution in [0.3, 0.4) is 0 Å². The first-order valence-electron chi connectivity index (χ1n) is 15.2. The van der Waals surface area contributed by atoms with Gasteiger partial charge in [-0.15, -0.1) is 6.58 Å². The Bertz CT molecular complexity index is 671. The van der Waals surface area contributed by atoms with E-state index in [2.05, 4.69) is 44.7 Å². The third kappa shape index (κ3) is 8.89. The molecule has 0 aromatic rings. The first kappa shape index (κ1) is 28.7. The van der Waals surface area contributed by atoms with Crippen LogP contribution >= 0.6 is 0 Å². The highest BCUT2D eigenvalue weighted by Gasteiger charge is 2.33. The van der Waals surface area contributed by atoms with Crippen molar-refractivity contribution in [2.75, 3.05) is 0 Å². The van der Waals surface area contributed by atoms with Crippen LogP contribution in [0.1, 0.15) is 117 Å². The van der Waals surface area contributed by atoms with Gasteiger partial charge in [0.2, 0.25) is 0 Å². The molecule has 0 heterocycles. The molecule has 1 saturated carbocycles. The third-order valence-electron chi connectivity index (χ3n) is 9.98. The van der Waals surface area contributed by atoms with E-state index in [9.17, 15) is 10.2 Å². The summed E-state index contributed by atoms with van der Waals surface area (Å²) in [4.78, 5) is 0. The molecule has 2 nitrogen and oxygen atoms in total. The fourth-order valence-corrected chi connectivity index (χ4v) is 7.36. The number of hydrogen-bond acceptors (Lipinski definition) is 2. The molecule has 0 amide bonds. The third-order valence-corrected chi connectivity index (χ3v) is 9.98. The van der Waals surface area contributed by atoms with Gasteiger partial charge >= 0.3 is 0 Å². The van der Waals surface area contributed by atoms with Crippen LogP contribution in [0.15, 0.2) is 36.5 Å². The van der Waals surface area contributed by atoms with Gasteiger partial charge in [0.1, 0.15) is 0 Å². The normalized spacial score (nSPS) is 29.0. The molecule has 1 fully saturated rings. The molecule has 0 aromatic carbocycles. The summed E-state index contributed by atoms with van der Waals surface area (Å²) in [5, 5.41) is 21.6. The fraction of sp³-hybridized carbons (Fsp3) is 0.818. The van der Waals surface area contributed by atoms with Crippen molar-refractivity contribution in [3.05, 3.63) is 36.5 Å². The van der Waals surface area contributed by atoms with Crippen molar-refractivity contribution >= 4 is 0 Å². The molecule has 0 radical (unpaired) electrons. The molecular formula is C33H56O2. The lowest BCUT2D eigenvalue weighted by Gasteiger charge is -2.37. The molecule has 35 heavy (non-hydrogen) atoms. The second-order valence-electron chi connectivity index (χ2n) is 12.7. The zero-order chi connectivity index (χ0) is 25.2. The molecule has 0 saturated heterocycles. The highest BCUT2D eigenvalue weighted by atomic mass is 16.3. The van der Waals surface area contributed by atoms with Gasteiger partial charge in [0.25, 0.3) is 0 Å². The van der Waals surface area contributed by atoms with E-state index in [1.807, 2.05) is 6.92 Å². The smallest absolute Gasteiger partial charge is 0.0613 e. The van der Waals surface area contributed by atoms with Gasteiger partial charge < -0.3 is 10.2 Å². The summed E-state index contributed by atoms with van der Waals surface area (Å²) in [5.41, 5.74) is 1.58. The summed E-state index contributed by atoms with van der Waals surface area (Å²) in [7, 11) is 0. The Morgan fingerprint density at radius 2 is 1.74 bits per heavy atom. The van der Waals surface area contributed by atoms with Crippen LogP contribution in [0.5, 0.6) is 0 Å². The van der Waals surface area contributed by atoms with E-state index >= 15 is 0 Å². The number of rotatable bonds is 13. The maximum absolute atomic E-state index is 11.6. The maximum Gasteiger partial charge on any atom is 0.0613 e. The zero-order valence-electron chi connectivity index (χ0n) is 23.2. The standard InChI is InChI=1S/C33H56O2/c1-5-27(20-19-24(2)25(3)21-28-13-12-18-31(22-28)26(4)34)23-32(35)33(29-14-8-6-9-15-29)30-16-10-7-11-17-30/h5,12-14,24-28,30-35H,1,6-11,15-23H2,2-4H3/t24?,25?,26?,27?,28?,31?,32-,33?/m1/s1. The summed E-state index contributed by atoms with van der Waals surface area (Å²) in [5.74, 6) is 3.86. The summed E-state index contributed by atoms with van der Waals surface area (Å²) in [6.45, 7) is 11.0. The van der Waals surface area contributed by atoms with E-state index in [0.717, 1.165) is 25.7 Å². The maximum atomic E-state index is 11.6. The Kier molecular flexibility index (Phi) is 12.1. The number of aliphatic hydroxyl groups excluding tert-OH is 2. The van der Waals surface area contributed by atoms with Crippen LogP contribution in [-0.4, -0.2) is 22.4 Å². The van der Waals surface area contributed by atoms with Crippen LogP contribution in [0.4, 0.5) is 0 Å². The van der Waals surface area contributed by atoms with Crippen molar-refractivity contribution in [1.29, 1.82) is 0 Å². The van der Waals surface area contributed by atoms with Gasteiger partial charge in [-0.1, -0.05) is 63.0 Å². The molecule has 8 atom stereocenters. The zero-order valence-corrected chi connectivity index (χ0v) is 23.2. The predicted molar refractivity (Wildman–Crippen MR) is 150 cm³/mol. The SMILES string of the molecule is C=CC(CCC(C)C(C)CC1C=CCC(C(C)O)C1)C[C@@H](O)C(C1=CCCCC1)C1CCCCC1. The van der Waals surface area contributed by atoms with Crippen LogP contribution in [0.2, 0.25) is 0 Å². The van der Waals surface area contributed by atoms with Gasteiger partial charge in [-0.05, 0) is 119 Å². The molecule has 0 bridgehead atoms. The van der Waals surface area contributed by atoms with Crippen molar-refractivity contribution in [1.82, 2.24) is 0 Å². The molecule has 3 aliphatic carbocycles. The Morgan fingerprint density at radius 3 is 2.40 bits per heavy atom. The minimum absolute atomic E-state index is 0.197. The lowest BCUT2D eigenvalue weighted by atomic mass is 9.70. The molecule has 0 aromatic heterocycles. The number of aliphatic hydroxyl groups is 2. The Hall–Kier alpha value is -0.860. The lowest BCUT2D eigenvalue weighted by molar-refractivity contribution is 0.0583.